The van der Waals surface area contributed by atoms with Crippen molar-refractivity contribution in [2.24, 2.45) is 0 Å². The highest BCUT2D eigenvalue weighted by Gasteiger charge is 2.10. The third kappa shape index (κ3) is 3.40. The first-order valence-corrected chi connectivity index (χ1v) is 7.00. The number of rotatable bonds is 4. The lowest BCUT2D eigenvalue weighted by Crippen LogP contribution is -2.05. The number of aromatic carboxylic acids is 1. The number of nitrogens with zero attached hydrogens (tertiary/aromatic N) is 1. The van der Waals surface area contributed by atoms with Gasteiger partial charge in [0.1, 0.15) is 5.82 Å². The lowest BCUT2D eigenvalue weighted by molar-refractivity contribution is 0.0696. The molecule has 0 saturated heterocycles. The topological polar surface area (TPSA) is 62.2 Å². The molecule has 0 radical (unpaired) electrons. The van der Waals surface area contributed by atoms with Gasteiger partial charge in [-0.3, -0.25) is 0 Å². The molecule has 1 aromatic carbocycles. The van der Waals surface area contributed by atoms with Crippen LogP contribution < -0.4 is 5.32 Å². The van der Waals surface area contributed by atoms with Crippen LogP contribution in [0, 0.1) is 20.8 Å². The first-order chi connectivity index (χ1) is 9.90. The second kappa shape index (κ2) is 5.95. The maximum atomic E-state index is 11.2. The summed E-state index contributed by atoms with van der Waals surface area (Å²) >= 11 is 0. The Kier molecular flexibility index (Phi) is 4.26. The Bertz CT molecular complexity index is 670. The van der Waals surface area contributed by atoms with Crippen LogP contribution in [0.4, 0.5) is 11.5 Å². The number of aromatic nitrogens is 1. The van der Waals surface area contributed by atoms with Gasteiger partial charge in [-0.1, -0.05) is 24.6 Å². The third-order valence-electron chi connectivity index (χ3n) is 3.42. The van der Waals surface area contributed by atoms with Gasteiger partial charge in [-0.25, -0.2) is 9.78 Å². The molecule has 0 aliphatic carbocycles. The SMILES string of the molecule is CCc1cc(C(=O)O)cc(Nc2c(C)cc(C)cc2C)n1. The predicted molar refractivity (Wildman–Crippen MR) is 84.5 cm³/mol. The number of hydrogen-bond donors (Lipinski definition) is 2. The largest absolute Gasteiger partial charge is 0.478 e. The van der Waals surface area contributed by atoms with E-state index in [-0.39, 0.29) is 5.56 Å². The average molecular weight is 284 g/mol. The minimum atomic E-state index is -0.938. The van der Waals surface area contributed by atoms with E-state index in [0.29, 0.717) is 12.2 Å². The Hall–Kier alpha value is -2.36. The second-order valence-electron chi connectivity index (χ2n) is 5.29. The van der Waals surface area contributed by atoms with Crippen molar-refractivity contribution in [2.75, 3.05) is 5.32 Å². The molecule has 0 saturated carbocycles. The summed E-state index contributed by atoms with van der Waals surface area (Å²) in [6.45, 7) is 8.08. The summed E-state index contributed by atoms with van der Waals surface area (Å²) in [5.74, 6) is -0.366. The van der Waals surface area contributed by atoms with Crippen molar-refractivity contribution in [2.45, 2.75) is 34.1 Å². The van der Waals surface area contributed by atoms with Gasteiger partial charge in [0.15, 0.2) is 0 Å². The lowest BCUT2D eigenvalue weighted by Gasteiger charge is -2.14. The number of carbonyl (C=O) groups is 1. The van der Waals surface area contributed by atoms with E-state index in [0.717, 1.165) is 22.5 Å². The molecule has 1 heterocycles. The van der Waals surface area contributed by atoms with Crippen molar-refractivity contribution in [3.8, 4) is 0 Å². The summed E-state index contributed by atoms with van der Waals surface area (Å²) in [6.07, 6.45) is 0.696. The quantitative estimate of drug-likeness (QED) is 0.890. The van der Waals surface area contributed by atoms with Crippen molar-refractivity contribution >= 4 is 17.5 Å². The number of carboxylic acid groups (broad SMARTS) is 1. The zero-order valence-corrected chi connectivity index (χ0v) is 12.8. The van der Waals surface area contributed by atoms with Crippen LogP contribution in [-0.4, -0.2) is 16.1 Å². The molecule has 0 fully saturated rings. The first-order valence-electron chi connectivity index (χ1n) is 7.00. The van der Waals surface area contributed by atoms with Crippen molar-refractivity contribution in [1.29, 1.82) is 0 Å². The summed E-state index contributed by atoms with van der Waals surface area (Å²) in [6, 6.07) is 7.37. The summed E-state index contributed by atoms with van der Waals surface area (Å²) in [4.78, 5) is 15.7. The molecule has 0 spiro atoms. The molecule has 4 heteroatoms. The van der Waals surface area contributed by atoms with Crippen LogP contribution in [0.5, 0.6) is 0 Å². The number of pyridine rings is 1. The highest BCUT2D eigenvalue weighted by atomic mass is 16.4. The number of anilines is 2. The van der Waals surface area contributed by atoms with Gasteiger partial charge >= 0.3 is 5.97 Å². The van der Waals surface area contributed by atoms with E-state index in [1.807, 2.05) is 20.8 Å². The van der Waals surface area contributed by atoms with E-state index >= 15 is 0 Å². The standard InChI is InChI=1S/C17H20N2O2/c1-5-14-8-13(17(20)21)9-15(18-14)19-16-11(3)6-10(2)7-12(16)4/h6-9H,5H2,1-4H3,(H,18,19)(H,20,21). The molecule has 0 bridgehead atoms. The minimum Gasteiger partial charge on any atom is -0.478 e. The maximum Gasteiger partial charge on any atom is 0.335 e. The van der Waals surface area contributed by atoms with Crippen molar-refractivity contribution < 1.29 is 9.90 Å². The zero-order valence-electron chi connectivity index (χ0n) is 12.8. The maximum absolute atomic E-state index is 11.2. The van der Waals surface area contributed by atoms with Crippen LogP contribution in [0.1, 0.15) is 39.7 Å². The number of benzene rings is 1. The molecule has 0 aliphatic heterocycles. The molecule has 1 aromatic heterocycles. The smallest absolute Gasteiger partial charge is 0.335 e. The van der Waals surface area contributed by atoms with E-state index in [2.05, 4.69) is 29.4 Å². The third-order valence-corrected chi connectivity index (χ3v) is 3.42. The van der Waals surface area contributed by atoms with E-state index < -0.39 is 5.97 Å². The number of aryl methyl sites for hydroxylation is 4. The highest BCUT2D eigenvalue weighted by Crippen LogP contribution is 2.25. The van der Waals surface area contributed by atoms with Crippen LogP contribution in [0.25, 0.3) is 0 Å². The molecule has 0 amide bonds. The van der Waals surface area contributed by atoms with Gasteiger partial charge in [-0.2, -0.15) is 0 Å². The summed E-state index contributed by atoms with van der Waals surface area (Å²) in [7, 11) is 0. The number of hydrogen-bond acceptors (Lipinski definition) is 3. The van der Waals surface area contributed by atoms with Crippen molar-refractivity contribution in [3.05, 3.63) is 52.2 Å². The van der Waals surface area contributed by atoms with Crippen LogP contribution >= 0.6 is 0 Å². The molecule has 2 N–H and O–H groups in total. The van der Waals surface area contributed by atoms with Gasteiger partial charge in [0.25, 0.3) is 0 Å². The van der Waals surface area contributed by atoms with Crippen molar-refractivity contribution in [1.82, 2.24) is 4.98 Å². The summed E-state index contributed by atoms with van der Waals surface area (Å²) in [5.41, 5.74) is 5.45. The molecule has 0 unspecified atom stereocenters. The Morgan fingerprint density at radius 3 is 2.29 bits per heavy atom. The molecular formula is C17H20N2O2. The van der Waals surface area contributed by atoms with Gasteiger partial charge in [0.05, 0.1) is 5.56 Å². The van der Waals surface area contributed by atoms with E-state index in [1.165, 1.54) is 5.56 Å². The summed E-state index contributed by atoms with van der Waals surface area (Å²) in [5, 5.41) is 12.4. The summed E-state index contributed by atoms with van der Waals surface area (Å²) < 4.78 is 0. The average Bonchev–Trinajstić information content (AvgIpc) is 2.42. The van der Waals surface area contributed by atoms with Gasteiger partial charge in [0, 0.05) is 11.4 Å². The van der Waals surface area contributed by atoms with E-state index in [1.54, 1.807) is 12.1 Å². The first kappa shape index (κ1) is 15.0. The van der Waals surface area contributed by atoms with Crippen LogP contribution in [0.3, 0.4) is 0 Å². The fraction of sp³-hybridized carbons (Fsp3) is 0.294. The molecular weight excluding hydrogens is 264 g/mol. The molecule has 0 atom stereocenters. The number of carboxylic acids is 1. The minimum absolute atomic E-state index is 0.256. The predicted octanol–water partition coefficient (Wildman–Crippen LogP) is 4.01. The Labute approximate surface area is 124 Å². The van der Waals surface area contributed by atoms with E-state index in [4.69, 9.17) is 0 Å². The lowest BCUT2D eigenvalue weighted by atomic mass is 10.0. The van der Waals surface area contributed by atoms with Crippen molar-refractivity contribution in [3.63, 3.8) is 0 Å². The van der Waals surface area contributed by atoms with Gasteiger partial charge in [-0.15, -0.1) is 0 Å². The normalized spacial score (nSPS) is 10.5. The van der Waals surface area contributed by atoms with Gasteiger partial charge < -0.3 is 10.4 Å². The van der Waals surface area contributed by atoms with Gasteiger partial charge in [-0.05, 0) is 50.5 Å². The molecule has 2 rings (SSSR count). The van der Waals surface area contributed by atoms with Gasteiger partial charge in [0.2, 0.25) is 0 Å². The monoisotopic (exact) mass is 284 g/mol. The highest BCUT2D eigenvalue weighted by molar-refractivity contribution is 5.89. The van der Waals surface area contributed by atoms with Crippen LogP contribution in [0.2, 0.25) is 0 Å². The Morgan fingerprint density at radius 2 is 1.76 bits per heavy atom. The molecule has 4 nitrogen and oxygen atoms in total. The molecule has 110 valence electrons. The molecule has 0 aliphatic rings. The van der Waals surface area contributed by atoms with Crippen LogP contribution in [-0.2, 0) is 6.42 Å². The zero-order chi connectivity index (χ0) is 15.6. The molecule has 2 aromatic rings. The second-order valence-corrected chi connectivity index (χ2v) is 5.29. The number of nitrogens with one attached hydrogen (secondary N) is 1. The van der Waals surface area contributed by atoms with E-state index in [9.17, 15) is 9.90 Å². The van der Waals surface area contributed by atoms with Crippen LogP contribution in [0.15, 0.2) is 24.3 Å². The molecule has 21 heavy (non-hydrogen) atoms. The fourth-order valence-electron chi connectivity index (χ4n) is 2.46. The Balaban J connectivity index is 2.44. The Morgan fingerprint density at radius 1 is 1.14 bits per heavy atom. The fourth-order valence-corrected chi connectivity index (χ4v) is 2.46.